The van der Waals surface area contributed by atoms with Crippen LogP contribution in [0.3, 0.4) is 0 Å². The van der Waals surface area contributed by atoms with Crippen molar-refractivity contribution in [3.05, 3.63) is 51.6 Å². The van der Waals surface area contributed by atoms with Crippen LogP contribution in [0.25, 0.3) is 0 Å². The van der Waals surface area contributed by atoms with Crippen molar-refractivity contribution in [1.82, 2.24) is 9.88 Å². The molecule has 2 aliphatic heterocycles. The van der Waals surface area contributed by atoms with Crippen molar-refractivity contribution < 1.29 is 23.8 Å². The monoisotopic (exact) mass is 563 g/mol. The number of hydrogen-bond donors (Lipinski definition) is 0. The molecule has 0 unspecified atom stereocenters. The average molecular weight is 565 g/mol. The molecular weight excluding hydrogens is 529 g/mol. The van der Waals surface area contributed by atoms with Crippen molar-refractivity contribution in [3.8, 4) is 5.75 Å². The Labute approximate surface area is 234 Å². The normalized spacial score (nSPS) is 21.8. The van der Waals surface area contributed by atoms with Gasteiger partial charge in [-0.05, 0) is 63.4 Å². The number of likely N-dealkylation sites (tertiary alicyclic amines) is 1. The molecule has 0 spiro atoms. The predicted molar refractivity (Wildman–Crippen MR) is 147 cm³/mol. The second kappa shape index (κ2) is 11.6. The van der Waals surface area contributed by atoms with Gasteiger partial charge in [-0.3, -0.25) is 4.79 Å². The van der Waals surface area contributed by atoms with Crippen LogP contribution in [0.15, 0.2) is 30.5 Å². The van der Waals surface area contributed by atoms with E-state index in [0.717, 1.165) is 29.9 Å². The molecule has 10 heteroatoms. The van der Waals surface area contributed by atoms with E-state index in [-0.39, 0.29) is 24.5 Å². The van der Waals surface area contributed by atoms with Gasteiger partial charge in [-0.1, -0.05) is 29.3 Å². The number of carbonyl (C=O) groups excluding carboxylic acids is 2. The van der Waals surface area contributed by atoms with E-state index in [2.05, 4.69) is 4.90 Å². The van der Waals surface area contributed by atoms with Gasteiger partial charge in [0.2, 0.25) is 0 Å². The van der Waals surface area contributed by atoms with E-state index < -0.39 is 17.6 Å². The minimum atomic E-state index is -0.604. The number of halogens is 2. The number of nitrogens with zero attached hydrogens (tertiary/aromatic N) is 3. The first-order valence-electron chi connectivity index (χ1n) is 12.8. The first kappa shape index (κ1) is 28.3. The summed E-state index contributed by atoms with van der Waals surface area (Å²) in [6.45, 7) is 9.58. The molecule has 3 atom stereocenters. The molecule has 2 aliphatic rings. The third kappa shape index (κ3) is 6.64. The molecule has 1 aromatic carbocycles. The van der Waals surface area contributed by atoms with Crippen molar-refractivity contribution in [2.24, 2.45) is 5.92 Å². The number of aromatic nitrogens is 1. The molecule has 2 saturated heterocycles. The molecule has 0 bridgehead atoms. The Morgan fingerprint density at radius 1 is 1.05 bits per heavy atom. The van der Waals surface area contributed by atoms with Crippen molar-refractivity contribution in [3.63, 3.8) is 0 Å². The summed E-state index contributed by atoms with van der Waals surface area (Å²) in [7, 11) is 1.37. The number of benzene rings is 1. The first-order valence-corrected chi connectivity index (χ1v) is 13.6. The van der Waals surface area contributed by atoms with E-state index in [0.29, 0.717) is 35.3 Å². The standard InChI is InChI=1S/C28H35Cl2N3O5/c1-17-12-22(29)25(23(30)13-17)37-19-8-10-32(15-19)24-7-6-18(14-31-24)20-9-11-33(16-21(20)26(34)36-5)27(35)38-28(2,3)4/h6-7,12-14,19-21H,8-11,15-16H2,1-5H3/t19-,20-,21+/m0/s1. The Balaban J connectivity index is 1.41. The zero-order chi connectivity index (χ0) is 27.6. The zero-order valence-corrected chi connectivity index (χ0v) is 24.0. The topological polar surface area (TPSA) is 81.2 Å². The fourth-order valence-electron chi connectivity index (χ4n) is 5.04. The average Bonchev–Trinajstić information content (AvgIpc) is 3.33. The van der Waals surface area contributed by atoms with Crippen LogP contribution in [0.2, 0.25) is 10.0 Å². The Morgan fingerprint density at radius 2 is 1.76 bits per heavy atom. The van der Waals surface area contributed by atoms with Crippen LogP contribution in [0.5, 0.6) is 5.75 Å². The lowest BCUT2D eigenvalue weighted by Gasteiger charge is -2.37. The Hall–Kier alpha value is -2.71. The van der Waals surface area contributed by atoms with Gasteiger partial charge in [-0.25, -0.2) is 9.78 Å². The van der Waals surface area contributed by atoms with Gasteiger partial charge in [0.05, 0.1) is 29.6 Å². The Morgan fingerprint density at radius 3 is 2.37 bits per heavy atom. The van der Waals surface area contributed by atoms with E-state index in [9.17, 15) is 9.59 Å². The number of methoxy groups -OCH3 is 1. The van der Waals surface area contributed by atoms with Crippen molar-refractivity contribution in [1.29, 1.82) is 0 Å². The first-order chi connectivity index (χ1) is 17.9. The summed E-state index contributed by atoms with van der Waals surface area (Å²) in [6, 6.07) is 7.66. The SMILES string of the molecule is COC(=O)[C@@H]1CN(C(=O)OC(C)(C)C)CC[C@H]1c1ccc(N2CC[C@H](Oc3c(Cl)cc(C)cc3Cl)C2)nc1. The molecule has 2 aromatic rings. The van der Waals surface area contributed by atoms with Gasteiger partial charge in [-0.15, -0.1) is 0 Å². The molecule has 1 amide bonds. The zero-order valence-electron chi connectivity index (χ0n) is 22.5. The van der Waals surface area contributed by atoms with Gasteiger partial charge in [0.25, 0.3) is 0 Å². The summed E-state index contributed by atoms with van der Waals surface area (Å²) in [4.78, 5) is 33.7. The number of esters is 1. The summed E-state index contributed by atoms with van der Waals surface area (Å²) < 4.78 is 16.7. The summed E-state index contributed by atoms with van der Waals surface area (Å²) in [5.74, 6) is 0.397. The molecule has 38 heavy (non-hydrogen) atoms. The molecule has 4 rings (SSSR count). The van der Waals surface area contributed by atoms with Crippen LogP contribution >= 0.6 is 23.2 Å². The fraction of sp³-hybridized carbons (Fsp3) is 0.536. The summed E-state index contributed by atoms with van der Waals surface area (Å²) in [5, 5.41) is 1.02. The number of pyridine rings is 1. The number of ether oxygens (including phenoxy) is 3. The third-order valence-electron chi connectivity index (χ3n) is 6.86. The quantitative estimate of drug-likeness (QED) is 0.421. The Kier molecular flexibility index (Phi) is 8.62. The van der Waals surface area contributed by atoms with Gasteiger partial charge in [0.15, 0.2) is 5.75 Å². The molecule has 206 valence electrons. The van der Waals surface area contributed by atoms with Crippen LogP contribution in [0, 0.1) is 12.8 Å². The predicted octanol–water partition coefficient (Wildman–Crippen LogP) is 5.87. The van der Waals surface area contributed by atoms with Crippen molar-refractivity contribution in [2.45, 2.75) is 58.2 Å². The lowest BCUT2D eigenvalue weighted by Crippen LogP contribution is -2.47. The smallest absolute Gasteiger partial charge is 0.410 e. The van der Waals surface area contributed by atoms with Crippen LogP contribution < -0.4 is 9.64 Å². The number of hydrogen-bond acceptors (Lipinski definition) is 7. The van der Waals surface area contributed by atoms with Gasteiger partial charge < -0.3 is 24.0 Å². The molecule has 0 saturated carbocycles. The third-order valence-corrected chi connectivity index (χ3v) is 7.42. The fourth-order valence-corrected chi connectivity index (χ4v) is 5.72. The molecule has 3 heterocycles. The number of aryl methyl sites for hydroxylation is 1. The van der Waals surface area contributed by atoms with Crippen LogP contribution in [-0.2, 0) is 14.3 Å². The minimum Gasteiger partial charge on any atom is -0.485 e. The van der Waals surface area contributed by atoms with E-state index in [1.165, 1.54) is 7.11 Å². The van der Waals surface area contributed by atoms with Crippen LogP contribution in [0.1, 0.15) is 50.7 Å². The number of anilines is 1. The lowest BCUT2D eigenvalue weighted by molar-refractivity contribution is -0.148. The van der Waals surface area contributed by atoms with Gasteiger partial charge in [-0.2, -0.15) is 0 Å². The largest absolute Gasteiger partial charge is 0.485 e. The molecule has 8 nitrogen and oxygen atoms in total. The highest BCUT2D eigenvalue weighted by Gasteiger charge is 2.39. The number of carbonyl (C=O) groups is 2. The van der Waals surface area contributed by atoms with E-state index in [1.807, 2.05) is 58.2 Å². The van der Waals surface area contributed by atoms with E-state index >= 15 is 0 Å². The van der Waals surface area contributed by atoms with Crippen LogP contribution in [0.4, 0.5) is 10.6 Å². The highest BCUT2D eigenvalue weighted by Crippen LogP contribution is 2.37. The second-order valence-corrected chi connectivity index (χ2v) is 11.7. The molecular formula is C28H35Cl2N3O5. The maximum absolute atomic E-state index is 12.7. The van der Waals surface area contributed by atoms with Crippen molar-refractivity contribution >= 4 is 41.1 Å². The van der Waals surface area contributed by atoms with Gasteiger partial charge in [0.1, 0.15) is 17.5 Å². The summed E-state index contributed by atoms with van der Waals surface area (Å²) >= 11 is 12.7. The lowest BCUT2D eigenvalue weighted by atomic mass is 9.81. The highest BCUT2D eigenvalue weighted by atomic mass is 35.5. The molecule has 0 aliphatic carbocycles. The number of amides is 1. The number of piperidine rings is 1. The molecule has 0 N–H and O–H groups in total. The summed E-state index contributed by atoms with van der Waals surface area (Å²) in [5.41, 5.74) is 1.32. The summed E-state index contributed by atoms with van der Waals surface area (Å²) in [6.07, 6.45) is 2.77. The Bertz CT molecular complexity index is 1150. The van der Waals surface area contributed by atoms with E-state index in [4.69, 9.17) is 42.4 Å². The second-order valence-electron chi connectivity index (χ2n) is 10.9. The number of rotatable bonds is 5. The molecule has 2 fully saturated rings. The van der Waals surface area contributed by atoms with Crippen LogP contribution in [-0.4, -0.2) is 66.9 Å². The van der Waals surface area contributed by atoms with Crippen molar-refractivity contribution in [2.75, 3.05) is 38.2 Å². The minimum absolute atomic E-state index is 0.0601. The maximum atomic E-state index is 12.7. The molecule has 1 aromatic heterocycles. The molecule has 0 radical (unpaired) electrons. The maximum Gasteiger partial charge on any atom is 0.410 e. The highest BCUT2D eigenvalue weighted by molar-refractivity contribution is 6.37. The van der Waals surface area contributed by atoms with Gasteiger partial charge in [0, 0.05) is 38.2 Å². The van der Waals surface area contributed by atoms with Gasteiger partial charge >= 0.3 is 12.1 Å². The van der Waals surface area contributed by atoms with E-state index in [1.54, 1.807) is 4.90 Å².